The third-order valence-corrected chi connectivity index (χ3v) is 4.14. The summed E-state index contributed by atoms with van der Waals surface area (Å²) < 4.78 is 5.16. The molecule has 0 aromatic heterocycles. The second-order valence-electron chi connectivity index (χ2n) is 5.66. The van der Waals surface area contributed by atoms with Crippen molar-refractivity contribution in [3.8, 4) is 5.75 Å². The Hall–Kier alpha value is -2.33. The number of methoxy groups -OCH3 is 1. The molecule has 2 atom stereocenters. The van der Waals surface area contributed by atoms with Crippen molar-refractivity contribution < 1.29 is 9.53 Å². The third kappa shape index (κ3) is 3.28. The Balaban J connectivity index is 1.52. The number of carbonyl (C=O) groups excluding carboxylic acids is 1. The predicted molar refractivity (Wildman–Crippen MR) is 85.9 cm³/mol. The quantitative estimate of drug-likeness (QED) is 0.860. The molecule has 0 saturated heterocycles. The lowest BCUT2D eigenvalue weighted by Crippen LogP contribution is -2.17. The van der Waals surface area contributed by atoms with Gasteiger partial charge in [0.05, 0.1) is 7.11 Å². The summed E-state index contributed by atoms with van der Waals surface area (Å²) in [4.78, 5) is 11.1. The number of primary amides is 1. The number of hydrogen-bond acceptors (Lipinski definition) is 3. The van der Waals surface area contributed by atoms with Crippen LogP contribution in [-0.2, 0) is 6.54 Å². The van der Waals surface area contributed by atoms with Gasteiger partial charge < -0.3 is 15.8 Å². The largest absolute Gasteiger partial charge is 0.497 e. The first kappa shape index (κ1) is 14.6. The first-order valence-corrected chi connectivity index (χ1v) is 7.43. The zero-order valence-corrected chi connectivity index (χ0v) is 12.6. The fraction of sp³-hybridized carbons (Fsp3) is 0.278. The van der Waals surface area contributed by atoms with E-state index < -0.39 is 0 Å². The number of nitrogens with two attached hydrogens (primary N) is 1. The van der Waals surface area contributed by atoms with Gasteiger partial charge in [-0.1, -0.05) is 24.3 Å². The van der Waals surface area contributed by atoms with Crippen LogP contribution in [0, 0.1) is 0 Å². The second-order valence-corrected chi connectivity index (χ2v) is 5.66. The molecular formula is C18H20N2O2. The fourth-order valence-corrected chi connectivity index (χ4v) is 2.68. The van der Waals surface area contributed by atoms with Crippen LogP contribution in [0.4, 0.5) is 0 Å². The molecule has 1 saturated carbocycles. The zero-order chi connectivity index (χ0) is 15.5. The van der Waals surface area contributed by atoms with Crippen LogP contribution < -0.4 is 15.8 Å². The van der Waals surface area contributed by atoms with Crippen molar-refractivity contribution in [2.45, 2.75) is 24.9 Å². The molecule has 1 aliphatic carbocycles. The van der Waals surface area contributed by atoms with Gasteiger partial charge in [0.15, 0.2) is 0 Å². The lowest BCUT2D eigenvalue weighted by atomic mass is 10.1. The van der Waals surface area contributed by atoms with Crippen molar-refractivity contribution in [3.05, 3.63) is 65.2 Å². The smallest absolute Gasteiger partial charge is 0.248 e. The SMILES string of the molecule is COc1ccc(CNC2CC2c2ccc(C(N)=O)cc2)cc1. The van der Waals surface area contributed by atoms with Crippen molar-refractivity contribution in [2.75, 3.05) is 7.11 Å². The summed E-state index contributed by atoms with van der Waals surface area (Å²) in [5.41, 5.74) is 8.32. The van der Waals surface area contributed by atoms with Crippen LogP contribution in [-0.4, -0.2) is 19.1 Å². The molecular weight excluding hydrogens is 276 g/mol. The summed E-state index contributed by atoms with van der Waals surface area (Å²) in [6.45, 7) is 0.852. The van der Waals surface area contributed by atoms with E-state index in [2.05, 4.69) is 17.4 Å². The second kappa shape index (κ2) is 6.20. The number of carbonyl (C=O) groups is 1. The standard InChI is InChI=1S/C18H20N2O2/c1-22-15-8-2-12(3-9-15)11-20-17-10-16(17)13-4-6-14(7-5-13)18(19)21/h2-9,16-17,20H,10-11H2,1H3,(H2,19,21). The monoisotopic (exact) mass is 296 g/mol. The Kier molecular flexibility index (Phi) is 4.11. The van der Waals surface area contributed by atoms with E-state index in [-0.39, 0.29) is 5.91 Å². The van der Waals surface area contributed by atoms with Gasteiger partial charge in [0.2, 0.25) is 5.91 Å². The number of amides is 1. The van der Waals surface area contributed by atoms with E-state index in [0.717, 1.165) is 18.7 Å². The van der Waals surface area contributed by atoms with E-state index in [1.165, 1.54) is 11.1 Å². The minimum atomic E-state index is -0.378. The molecule has 0 bridgehead atoms. The van der Waals surface area contributed by atoms with Gasteiger partial charge >= 0.3 is 0 Å². The molecule has 2 aromatic rings. The van der Waals surface area contributed by atoms with Gasteiger partial charge in [0.1, 0.15) is 5.75 Å². The van der Waals surface area contributed by atoms with Crippen molar-refractivity contribution in [2.24, 2.45) is 5.73 Å². The van der Waals surface area contributed by atoms with Crippen LogP contribution in [0.5, 0.6) is 5.75 Å². The van der Waals surface area contributed by atoms with Crippen LogP contribution in [0.2, 0.25) is 0 Å². The first-order chi connectivity index (χ1) is 10.7. The number of rotatable bonds is 6. The Bertz CT molecular complexity index is 650. The van der Waals surface area contributed by atoms with E-state index in [1.54, 1.807) is 19.2 Å². The fourth-order valence-electron chi connectivity index (χ4n) is 2.68. The highest BCUT2D eigenvalue weighted by Gasteiger charge is 2.37. The van der Waals surface area contributed by atoms with Crippen molar-refractivity contribution in [1.82, 2.24) is 5.32 Å². The van der Waals surface area contributed by atoms with Gasteiger partial charge in [-0.05, 0) is 41.8 Å². The van der Waals surface area contributed by atoms with E-state index >= 15 is 0 Å². The number of benzene rings is 2. The topological polar surface area (TPSA) is 64.3 Å². The molecule has 0 aliphatic heterocycles. The molecule has 3 rings (SSSR count). The Labute approximate surface area is 130 Å². The van der Waals surface area contributed by atoms with Gasteiger partial charge in [0.25, 0.3) is 0 Å². The average molecular weight is 296 g/mol. The highest BCUT2D eigenvalue weighted by Crippen LogP contribution is 2.40. The molecule has 1 aliphatic rings. The molecule has 114 valence electrons. The minimum absolute atomic E-state index is 0.378. The molecule has 4 heteroatoms. The van der Waals surface area contributed by atoms with Crippen LogP contribution >= 0.6 is 0 Å². The Morgan fingerprint density at radius 3 is 2.45 bits per heavy atom. The normalized spacial score (nSPS) is 19.7. The molecule has 1 amide bonds. The lowest BCUT2D eigenvalue weighted by molar-refractivity contribution is 0.100. The maximum atomic E-state index is 11.1. The summed E-state index contributed by atoms with van der Waals surface area (Å²) in [6.07, 6.45) is 1.13. The number of hydrogen-bond donors (Lipinski definition) is 2. The highest BCUT2D eigenvalue weighted by atomic mass is 16.5. The molecule has 2 unspecified atom stereocenters. The summed E-state index contributed by atoms with van der Waals surface area (Å²) in [5.74, 6) is 1.03. The molecule has 22 heavy (non-hydrogen) atoms. The van der Waals surface area contributed by atoms with E-state index in [4.69, 9.17) is 10.5 Å². The van der Waals surface area contributed by atoms with Gasteiger partial charge in [-0.25, -0.2) is 0 Å². The molecule has 1 fully saturated rings. The van der Waals surface area contributed by atoms with E-state index in [0.29, 0.717) is 17.5 Å². The van der Waals surface area contributed by atoms with E-state index in [1.807, 2.05) is 24.3 Å². The van der Waals surface area contributed by atoms with Crippen LogP contribution in [0.15, 0.2) is 48.5 Å². The van der Waals surface area contributed by atoms with Crippen molar-refractivity contribution in [3.63, 3.8) is 0 Å². The molecule has 0 radical (unpaired) electrons. The van der Waals surface area contributed by atoms with Crippen LogP contribution in [0.3, 0.4) is 0 Å². The van der Waals surface area contributed by atoms with Crippen molar-refractivity contribution >= 4 is 5.91 Å². The van der Waals surface area contributed by atoms with Gasteiger partial charge in [-0.3, -0.25) is 4.79 Å². The summed E-state index contributed by atoms with van der Waals surface area (Å²) >= 11 is 0. The van der Waals surface area contributed by atoms with Gasteiger partial charge in [0, 0.05) is 24.1 Å². The zero-order valence-electron chi connectivity index (χ0n) is 12.6. The maximum absolute atomic E-state index is 11.1. The van der Waals surface area contributed by atoms with Crippen LogP contribution in [0.1, 0.15) is 33.8 Å². The lowest BCUT2D eigenvalue weighted by Gasteiger charge is -2.06. The Morgan fingerprint density at radius 1 is 1.18 bits per heavy atom. The summed E-state index contributed by atoms with van der Waals surface area (Å²) in [6, 6.07) is 16.2. The van der Waals surface area contributed by atoms with Gasteiger partial charge in [-0.2, -0.15) is 0 Å². The Morgan fingerprint density at radius 2 is 1.86 bits per heavy atom. The number of nitrogens with one attached hydrogen (secondary N) is 1. The van der Waals surface area contributed by atoms with Gasteiger partial charge in [-0.15, -0.1) is 0 Å². The predicted octanol–water partition coefficient (Wildman–Crippen LogP) is 2.44. The summed E-state index contributed by atoms with van der Waals surface area (Å²) in [5, 5.41) is 3.56. The molecule has 4 nitrogen and oxygen atoms in total. The molecule has 3 N–H and O–H groups in total. The molecule has 0 spiro atoms. The van der Waals surface area contributed by atoms with Crippen LogP contribution in [0.25, 0.3) is 0 Å². The maximum Gasteiger partial charge on any atom is 0.248 e. The summed E-state index contributed by atoms with van der Waals surface area (Å²) in [7, 11) is 1.67. The van der Waals surface area contributed by atoms with E-state index in [9.17, 15) is 4.79 Å². The minimum Gasteiger partial charge on any atom is -0.497 e. The van der Waals surface area contributed by atoms with Crippen molar-refractivity contribution in [1.29, 1.82) is 0 Å². The average Bonchev–Trinajstić information content (AvgIpc) is 3.33. The number of ether oxygens (including phenoxy) is 1. The highest BCUT2D eigenvalue weighted by molar-refractivity contribution is 5.92. The third-order valence-electron chi connectivity index (χ3n) is 4.14. The molecule has 2 aromatic carbocycles. The molecule has 0 heterocycles. The first-order valence-electron chi connectivity index (χ1n) is 7.43.